The van der Waals surface area contributed by atoms with Gasteiger partial charge in [0, 0.05) is 11.9 Å². The van der Waals surface area contributed by atoms with Crippen LogP contribution in [0.15, 0.2) is 59.5 Å². The number of carbonyl (C=O) groups is 1. The summed E-state index contributed by atoms with van der Waals surface area (Å²) in [5.41, 5.74) is 1.91. The van der Waals surface area contributed by atoms with E-state index in [2.05, 4.69) is 4.98 Å². The molecule has 0 atom stereocenters. The molecule has 1 aromatic carbocycles. The van der Waals surface area contributed by atoms with Crippen molar-refractivity contribution < 1.29 is 9.53 Å². The highest BCUT2D eigenvalue weighted by atomic mass is 16.5. The molecule has 7 nitrogen and oxygen atoms in total. The van der Waals surface area contributed by atoms with E-state index in [9.17, 15) is 9.59 Å². The molecule has 0 spiro atoms. The summed E-state index contributed by atoms with van der Waals surface area (Å²) in [6.45, 7) is 1.88. The maximum absolute atomic E-state index is 13.1. The van der Waals surface area contributed by atoms with E-state index in [1.807, 2.05) is 31.2 Å². The van der Waals surface area contributed by atoms with E-state index in [4.69, 9.17) is 10.1 Å². The van der Waals surface area contributed by atoms with Crippen LogP contribution >= 0.6 is 0 Å². The molecule has 0 unspecified atom stereocenters. The Morgan fingerprint density at radius 2 is 1.89 bits per heavy atom. The van der Waals surface area contributed by atoms with E-state index in [1.54, 1.807) is 24.4 Å². The van der Waals surface area contributed by atoms with Crippen LogP contribution in [-0.4, -0.2) is 27.0 Å². The van der Waals surface area contributed by atoms with Crippen molar-refractivity contribution in [2.24, 2.45) is 0 Å². The monoisotopic (exact) mass is 360 g/mol. The summed E-state index contributed by atoms with van der Waals surface area (Å²) < 4.78 is 7.73. The Balaban J connectivity index is 2.25. The summed E-state index contributed by atoms with van der Waals surface area (Å²) in [7, 11) is 1.24. The van der Waals surface area contributed by atoms with E-state index >= 15 is 0 Å². The lowest BCUT2D eigenvalue weighted by Crippen LogP contribution is -2.29. The van der Waals surface area contributed by atoms with Gasteiger partial charge in [-0.1, -0.05) is 24.3 Å². The fourth-order valence-electron chi connectivity index (χ4n) is 3.08. The van der Waals surface area contributed by atoms with Gasteiger partial charge in [-0.2, -0.15) is 0 Å². The number of ether oxygens (including phenoxy) is 1. The molecule has 0 fully saturated rings. The Hall–Kier alpha value is -3.74. The van der Waals surface area contributed by atoms with Crippen molar-refractivity contribution in [3.8, 4) is 5.69 Å². The number of benzene rings is 1. The molecule has 0 aliphatic carbocycles. The van der Waals surface area contributed by atoms with E-state index in [1.165, 1.54) is 22.1 Å². The standard InChI is InChI=1S/C20H16N4O3/c1-12-8-9-16-22-18-15(19(25)23(16)11-12)10-14(20(26)27-2)17(21)24(18)13-6-4-3-5-7-13/h3-11,21H,1-2H3. The number of aryl methyl sites for hydroxylation is 1. The number of esters is 1. The predicted molar refractivity (Wildman–Crippen MR) is 100 cm³/mol. The smallest absolute Gasteiger partial charge is 0.341 e. The van der Waals surface area contributed by atoms with Crippen LogP contribution in [0.3, 0.4) is 0 Å². The highest BCUT2D eigenvalue weighted by molar-refractivity contribution is 5.93. The van der Waals surface area contributed by atoms with Gasteiger partial charge >= 0.3 is 5.97 Å². The molecule has 0 aliphatic rings. The quantitative estimate of drug-likeness (QED) is 0.438. The molecule has 0 bridgehead atoms. The normalized spacial score (nSPS) is 11.0. The van der Waals surface area contributed by atoms with Gasteiger partial charge in [-0.05, 0) is 36.8 Å². The van der Waals surface area contributed by atoms with Crippen LogP contribution in [0.2, 0.25) is 0 Å². The maximum Gasteiger partial charge on any atom is 0.341 e. The molecule has 27 heavy (non-hydrogen) atoms. The Kier molecular flexibility index (Phi) is 3.84. The minimum atomic E-state index is -0.680. The first-order valence-corrected chi connectivity index (χ1v) is 8.28. The second-order valence-electron chi connectivity index (χ2n) is 6.16. The van der Waals surface area contributed by atoms with Crippen molar-refractivity contribution in [3.63, 3.8) is 0 Å². The molecule has 3 heterocycles. The summed E-state index contributed by atoms with van der Waals surface area (Å²) in [4.78, 5) is 29.9. The third-order valence-corrected chi connectivity index (χ3v) is 4.38. The first kappa shape index (κ1) is 16.7. The van der Waals surface area contributed by atoms with Crippen molar-refractivity contribution >= 4 is 22.6 Å². The molecular weight excluding hydrogens is 344 g/mol. The Morgan fingerprint density at radius 3 is 2.59 bits per heavy atom. The summed E-state index contributed by atoms with van der Waals surface area (Å²) in [6.07, 6.45) is 1.70. The van der Waals surface area contributed by atoms with Crippen LogP contribution in [0.25, 0.3) is 22.4 Å². The van der Waals surface area contributed by atoms with Crippen LogP contribution in [0, 0.1) is 12.3 Å². The highest BCUT2D eigenvalue weighted by Gasteiger charge is 2.18. The Bertz CT molecular complexity index is 1320. The van der Waals surface area contributed by atoms with Crippen LogP contribution < -0.4 is 11.0 Å². The molecule has 0 aliphatic heterocycles. The molecule has 1 N–H and O–H groups in total. The van der Waals surface area contributed by atoms with E-state index < -0.39 is 5.97 Å². The summed E-state index contributed by atoms with van der Waals surface area (Å²) in [6, 6.07) is 14.1. The van der Waals surface area contributed by atoms with Crippen LogP contribution in [-0.2, 0) is 4.74 Å². The lowest BCUT2D eigenvalue weighted by atomic mass is 10.2. The van der Waals surface area contributed by atoms with Crippen molar-refractivity contribution in [1.29, 1.82) is 5.41 Å². The van der Waals surface area contributed by atoms with Crippen molar-refractivity contribution in [1.82, 2.24) is 14.0 Å². The topological polar surface area (TPSA) is 89.4 Å². The number of methoxy groups -OCH3 is 1. The zero-order chi connectivity index (χ0) is 19.1. The average molecular weight is 360 g/mol. The van der Waals surface area contributed by atoms with Gasteiger partial charge in [0.1, 0.15) is 16.7 Å². The lowest BCUT2D eigenvalue weighted by Gasteiger charge is -2.14. The van der Waals surface area contributed by atoms with Crippen molar-refractivity contribution in [3.05, 3.63) is 81.7 Å². The number of hydrogen-bond acceptors (Lipinski definition) is 5. The molecule has 4 rings (SSSR count). The molecule has 0 amide bonds. The van der Waals surface area contributed by atoms with Gasteiger partial charge in [-0.15, -0.1) is 0 Å². The number of nitrogens with one attached hydrogen (secondary N) is 1. The third-order valence-electron chi connectivity index (χ3n) is 4.38. The van der Waals surface area contributed by atoms with Gasteiger partial charge in [0.2, 0.25) is 0 Å². The Labute approximate surface area is 153 Å². The van der Waals surface area contributed by atoms with Crippen molar-refractivity contribution in [2.75, 3.05) is 7.11 Å². The van der Waals surface area contributed by atoms with Gasteiger partial charge in [-0.3, -0.25) is 19.2 Å². The van der Waals surface area contributed by atoms with Crippen LogP contribution in [0.5, 0.6) is 0 Å². The van der Waals surface area contributed by atoms with Gasteiger partial charge in [-0.25, -0.2) is 9.78 Å². The number of para-hydroxylation sites is 1. The Morgan fingerprint density at radius 1 is 1.15 bits per heavy atom. The number of pyridine rings is 2. The summed E-state index contributed by atoms with van der Waals surface area (Å²) >= 11 is 0. The molecule has 134 valence electrons. The highest BCUT2D eigenvalue weighted by Crippen LogP contribution is 2.15. The zero-order valence-electron chi connectivity index (χ0n) is 14.8. The van der Waals surface area contributed by atoms with Gasteiger partial charge in [0.15, 0.2) is 5.65 Å². The maximum atomic E-state index is 13.1. The number of carbonyl (C=O) groups excluding carboxylic acids is 1. The van der Waals surface area contributed by atoms with E-state index in [-0.39, 0.29) is 22.0 Å². The lowest BCUT2D eigenvalue weighted by molar-refractivity contribution is 0.0598. The minimum Gasteiger partial charge on any atom is -0.465 e. The van der Waals surface area contributed by atoms with Gasteiger partial charge in [0.25, 0.3) is 5.56 Å². The van der Waals surface area contributed by atoms with Crippen LogP contribution in [0.4, 0.5) is 0 Å². The summed E-state index contributed by atoms with van der Waals surface area (Å²) in [5.74, 6) is -0.680. The summed E-state index contributed by atoms with van der Waals surface area (Å²) in [5, 5.41) is 8.76. The van der Waals surface area contributed by atoms with Gasteiger partial charge in [0.05, 0.1) is 12.5 Å². The molecular formula is C20H16N4O3. The number of nitrogens with zero attached hydrogens (tertiary/aromatic N) is 3. The zero-order valence-corrected chi connectivity index (χ0v) is 14.8. The number of aromatic nitrogens is 3. The molecule has 4 aromatic rings. The van der Waals surface area contributed by atoms with E-state index in [0.717, 1.165) is 5.56 Å². The second kappa shape index (κ2) is 6.21. The number of rotatable bonds is 2. The first-order chi connectivity index (χ1) is 13.0. The van der Waals surface area contributed by atoms with E-state index in [0.29, 0.717) is 17.0 Å². The number of fused-ring (bicyclic) bond motifs is 2. The SMILES string of the molecule is COC(=O)c1cc2c(=O)n3cc(C)ccc3nc2n(-c2ccccc2)c1=N. The molecule has 3 aromatic heterocycles. The molecule has 0 saturated heterocycles. The van der Waals surface area contributed by atoms with Crippen LogP contribution in [0.1, 0.15) is 15.9 Å². The minimum absolute atomic E-state index is 0.000330. The molecule has 0 saturated carbocycles. The largest absolute Gasteiger partial charge is 0.465 e. The molecule has 0 radical (unpaired) electrons. The number of hydrogen-bond donors (Lipinski definition) is 1. The second-order valence-corrected chi connectivity index (χ2v) is 6.16. The molecule has 7 heteroatoms. The third kappa shape index (κ3) is 2.60. The fourth-order valence-corrected chi connectivity index (χ4v) is 3.08. The fraction of sp³-hybridized carbons (Fsp3) is 0.100. The first-order valence-electron chi connectivity index (χ1n) is 8.28. The van der Waals surface area contributed by atoms with Gasteiger partial charge < -0.3 is 4.74 Å². The van der Waals surface area contributed by atoms with Crippen molar-refractivity contribution in [2.45, 2.75) is 6.92 Å². The predicted octanol–water partition coefficient (Wildman–Crippen LogP) is 2.21. The average Bonchev–Trinajstić information content (AvgIpc) is 2.68.